The Bertz CT molecular complexity index is 1380. The van der Waals surface area contributed by atoms with Crippen molar-refractivity contribution in [3.8, 4) is 11.4 Å². The van der Waals surface area contributed by atoms with Gasteiger partial charge >= 0.3 is 17.8 Å². The smallest absolute Gasteiger partial charge is 0.418 e. The lowest BCUT2D eigenvalue weighted by Crippen LogP contribution is -2.42. The van der Waals surface area contributed by atoms with Crippen LogP contribution in [0.25, 0.3) is 11.4 Å². The molecule has 2 heterocycles. The molecule has 0 spiro atoms. The Morgan fingerprint density at radius 1 is 1.18 bits per heavy atom. The van der Waals surface area contributed by atoms with Gasteiger partial charge in [0.05, 0.1) is 28.2 Å². The molecule has 0 radical (unpaired) electrons. The number of H-pyrrole nitrogens is 1. The van der Waals surface area contributed by atoms with Crippen molar-refractivity contribution in [3.63, 3.8) is 0 Å². The standard InChI is InChI=1S/C25H25ClF3N5O4/c26-19-12-14(11-18(21(19)30)25(27,28)29)10-16(23(36)37)13-20(35)33-8-6-17(7-9-33)34-24(38)31-22(32-34)15-4-2-1-3-5-15/h1-5,11-12,16-17H,6-10,13,30H2,(H,36,37)(H,31,32,38)/t16-/m0/s1. The number of amides is 1. The van der Waals surface area contributed by atoms with Crippen molar-refractivity contribution in [2.45, 2.75) is 37.9 Å². The fraction of sp³-hybridized carbons (Fsp3) is 0.360. The topological polar surface area (TPSA) is 134 Å². The van der Waals surface area contributed by atoms with E-state index >= 15 is 0 Å². The summed E-state index contributed by atoms with van der Waals surface area (Å²) in [5, 5.41) is 13.7. The number of hydrogen-bond acceptors (Lipinski definition) is 5. The van der Waals surface area contributed by atoms with Gasteiger partial charge in [-0.15, -0.1) is 5.10 Å². The molecule has 202 valence electrons. The molecule has 1 fully saturated rings. The molecular weight excluding hydrogens is 527 g/mol. The third-order valence-electron chi connectivity index (χ3n) is 6.60. The van der Waals surface area contributed by atoms with E-state index in [-0.39, 0.29) is 41.8 Å². The first-order chi connectivity index (χ1) is 17.9. The highest BCUT2D eigenvalue weighted by Gasteiger charge is 2.35. The lowest BCUT2D eigenvalue weighted by molar-refractivity contribution is -0.146. The molecule has 0 unspecified atom stereocenters. The normalized spacial score (nSPS) is 15.4. The van der Waals surface area contributed by atoms with E-state index in [4.69, 9.17) is 17.3 Å². The summed E-state index contributed by atoms with van der Waals surface area (Å²) >= 11 is 5.85. The van der Waals surface area contributed by atoms with Gasteiger partial charge in [0.2, 0.25) is 5.91 Å². The molecule has 4 N–H and O–H groups in total. The van der Waals surface area contributed by atoms with Crippen LogP contribution in [-0.4, -0.2) is 49.7 Å². The summed E-state index contributed by atoms with van der Waals surface area (Å²) in [4.78, 5) is 41.4. The number of carbonyl (C=O) groups is 2. The number of alkyl halides is 3. The minimum absolute atomic E-state index is 0.0163. The van der Waals surface area contributed by atoms with Gasteiger partial charge in [-0.3, -0.25) is 14.6 Å². The number of aliphatic carboxylic acids is 1. The predicted octanol–water partition coefficient (Wildman–Crippen LogP) is 3.99. The van der Waals surface area contributed by atoms with Crippen molar-refractivity contribution in [3.05, 3.63) is 69.1 Å². The second-order valence-corrected chi connectivity index (χ2v) is 9.59. The Labute approximate surface area is 220 Å². The van der Waals surface area contributed by atoms with E-state index < -0.39 is 41.6 Å². The number of likely N-dealkylation sites (tertiary alicyclic amines) is 1. The number of nitrogens with two attached hydrogens (primary N) is 1. The number of carbonyl (C=O) groups excluding carboxylic acids is 1. The average Bonchev–Trinajstić information content (AvgIpc) is 3.27. The van der Waals surface area contributed by atoms with Crippen LogP contribution in [0.3, 0.4) is 0 Å². The molecular formula is C25H25ClF3N5O4. The number of benzene rings is 2. The number of nitrogen functional groups attached to an aromatic ring is 1. The number of aromatic amines is 1. The maximum atomic E-state index is 13.3. The van der Waals surface area contributed by atoms with Crippen LogP contribution in [0.1, 0.15) is 36.4 Å². The number of nitrogens with zero attached hydrogens (tertiary/aromatic N) is 3. The van der Waals surface area contributed by atoms with Crippen LogP contribution in [0.15, 0.2) is 47.3 Å². The second kappa shape index (κ2) is 10.9. The minimum atomic E-state index is -4.76. The van der Waals surface area contributed by atoms with Crippen LogP contribution in [0.5, 0.6) is 0 Å². The molecule has 1 aromatic heterocycles. The molecule has 2 aromatic carbocycles. The number of halogens is 4. The minimum Gasteiger partial charge on any atom is -0.481 e. The molecule has 1 atom stereocenters. The molecule has 0 saturated carbocycles. The molecule has 1 amide bonds. The summed E-state index contributed by atoms with van der Waals surface area (Å²) < 4.78 is 41.2. The Balaban J connectivity index is 1.40. The first-order valence-electron chi connectivity index (χ1n) is 11.8. The van der Waals surface area contributed by atoms with Gasteiger partial charge < -0.3 is 15.7 Å². The molecule has 3 aromatic rings. The molecule has 38 heavy (non-hydrogen) atoms. The molecule has 13 heteroatoms. The van der Waals surface area contributed by atoms with Crippen molar-refractivity contribution in [2.24, 2.45) is 5.92 Å². The monoisotopic (exact) mass is 551 g/mol. The largest absolute Gasteiger partial charge is 0.481 e. The predicted molar refractivity (Wildman–Crippen MR) is 133 cm³/mol. The van der Waals surface area contributed by atoms with E-state index in [0.29, 0.717) is 18.7 Å². The van der Waals surface area contributed by atoms with E-state index in [1.165, 1.54) is 15.6 Å². The van der Waals surface area contributed by atoms with Gasteiger partial charge in [0.25, 0.3) is 0 Å². The van der Waals surface area contributed by atoms with Crippen molar-refractivity contribution >= 4 is 29.2 Å². The van der Waals surface area contributed by atoms with Gasteiger partial charge in [-0.2, -0.15) is 13.2 Å². The number of carboxylic acids is 1. The van der Waals surface area contributed by atoms with Gasteiger partial charge in [-0.1, -0.05) is 41.9 Å². The highest BCUT2D eigenvalue weighted by atomic mass is 35.5. The van der Waals surface area contributed by atoms with Gasteiger partial charge in [0.15, 0.2) is 5.82 Å². The summed E-state index contributed by atoms with van der Waals surface area (Å²) in [7, 11) is 0. The number of anilines is 1. The second-order valence-electron chi connectivity index (χ2n) is 9.18. The van der Waals surface area contributed by atoms with E-state index in [0.717, 1.165) is 11.6 Å². The average molecular weight is 552 g/mol. The zero-order valence-corrected chi connectivity index (χ0v) is 20.8. The Morgan fingerprint density at radius 3 is 2.45 bits per heavy atom. The number of carboxylic acid groups (broad SMARTS) is 1. The molecule has 4 rings (SSSR count). The number of piperidine rings is 1. The summed E-state index contributed by atoms with van der Waals surface area (Å²) in [5.41, 5.74) is 4.07. The zero-order chi connectivity index (χ0) is 27.6. The highest BCUT2D eigenvalue weighted by Crippen LogP contribution is 2.38. The van der Waals surface area contributed by atoms with Crippen molar-refractivity contribution in [2.75, 3.05) is 18.8 Å². The molecule has 1 aliphatic heterocycles. The molecule has 0 aliphatic carbocycles. The number of nitrogens with one attached hydrogen (secondary N) is 1. The third-order valence-corrected chi connectivity index (χ3v) is 6.91. The quantitative estimate of drug-likeness (QED) is 0.380. The molecule has 1 aliphatic rings. The molecule has 9 nitrogen and oxygen atoms in total. The van der Waals surface area contributed by atoms with E-state index in [1.54, 1.807) is 0 Å². The van der Waals surface area contributed by atoms with Crippen LogP contribution in [-0.2, 0) is 22.2 Å². The van der Waals surface area contributed by atoms with Gasteiger partial charge in [-0.25, -0.2) is 9.48 Å². The lowest BCUT2D eigenvalue weighted by Gasteiger charge is -2.32. The molecule has 0 bridgehead atoms. The van der Waals surface area contributed by atoms with Gasteiger partial charge in [0.1, 0.15) is 0 Å². The maximum absolute atomic E-state index is 13.3. The van der Waals surface area contributed by atoms with Crippen LogP contribution >= 0.6 is 11.6 Å². The third kappa shape index (κ3) is 6.01. The maximum Gasteiger partial charge on any atom is 0.418 e. The summed E-state index contributed by atoms with van der Waals surface area (Å²) in [6.07, 6.45) is -4.62. The van der Waals surface area contributed by atoms with Crippen molar-refractivity contribution < 1.29 is 27.9 Å². The summed E-state index contributed by atoms with van der Waals surface area (Å²) in [5.74, 6) is -2.57. The van der Waals surface area contributed by atoms with Crippen molar-refractivity contribution in [1.82, 2.24) is 19.7 Å². The fourth-order valence-corrected chi connectivity index (χ4v) is 4.81. The lowest BCUT2D eigenvalue weighted by atomic mass is 9.93. The summed E-state index contributed by atoms with van der Waals surface area (Å²) in [6.45, 7) is 0.559. The zero-order valence-electron chi connectivity index (χ0n) is 20.0. The van der Waals surface area contributed by atoms with Crippen LogP contribution in [0, 0.1) is 5.92 Å². The van der Waals surface area contributed by atoms with Crippen LogP contribution in [0.2, 0.25) is 5.02 Å². The van der Waals surface area contributed by atoms with Crippen LogP contribution in [0.4, 0.5) is 18.9 Å². The first kappa shape index (κ1) is 27.2. The fourth-order valence-electron chi connectivity index (χ4n) is 4.57. The number of hydrogen-bond donors (Lipinski definition) is 3. The van der Waals surface area contributed by atoms with Crippen LogP contribution < -0.4 is 11.4 Å². The van der Waals surface area contributed by atoms with E-state index in [2.05, 4.69) is 10.1 Å². The highest BCUT2D eigenvalue weighted by molar-refractivity contribution is 6.33. The SMILES string of the molecule is Nc1c(Cl)cc(C[C@@H](CC(=O)N2CCC(n3nc(-c4ccccc4)[nH]c3=O)CC2)C(=O)O)cc1C(F)(F)F. The van der Waals surface area contributed by atoms with Crippen molar-refractivity contribution in [1.29, 1.82) is 0 Å². The Hall–Kier alpha value is -3.80. The van der Waals surface area contributed by atoms with E-state index in [1.807, 2.05) is 30.3 Å². The number of aromatic nitrogens is 3. The summed E-state index contributed by atoms with van der Waals surface area (Å²) in [6, 6.07) is 10.9. The number of rotatable bonds is 7. The molecule has 1 saturated heterocycles. The Kier molecular flexibility index (Phi) is 7.81. The van der Waals surface area contributed by atoms with Gasteiger partial charge in [0, 0.05) is 25.1 Å². The first-order valence-corrected chi connectivity index (χ1v) is 12.2. The van der Waals surface area contributed by atoms with E-state index in [9.17, 15) is 32.7 Å². The Morgan fingerprint density at radius 2 is 1.84 bits per heavy atom. The van der Waals surface area contributed by atoms with Gasteiger partial charge in [-0.05, 0) is 37.0 Å².